The first-order valence-corrected chi connectivity index (χ1v) is 7.55. The molecule has 0 spiro atoms. The van der Waals surface area contributed by atoms with Crippen molar-refractivity contribution in [2.24, 2.45) is 5.41 Å². The van der Waals surface area contributed by atoms with E-state index in [0.717, 1.165) is 37.8 Å². The molecule has 0 aromatic carbocycles. The van der Waals surface area contributed by atoms with E-state index < -0.39 is 0 Å². The lowest BCUT2D eigenvalue weighted by molar-refractivity contribution is 0.301. The highest BCUT2D eigenvalue weighted by Gasteiger charge is 2.35. The topological polar surface area (TPSA) is 41.1 Å². The number of rotatable bonds is 6. The molecule has 0 radical (unpaired) electrons. The molecule has 1 aliphatic heterocycles. The second kappa shape index (κ2) is 6.22. The third-order valence-electron chi connectivity index (χ3n) is 4.44. The summed E-state index contributed by atoms with van der Waals surface area (Å²) in [6.07, 6.45) is 6.74. The van der Waals surface area contributed by atoms with E-state index in [0.29, 0.717) is 5.41 Å². The summed E-state index contributed by atoms with van der Waals surface area (Å²) in [6.45, 7) is 9.93. The van der Waals surface area contributed by atoms with E-state index >= 15 is 0 Å². The van der Waals surface area contributed by atoms with Gasteiger partial charge in [0.15, 0.2) is 0 Å². The van der Waals surface area contributed by atoms with Crippen molar-refractivity contribution < 1.29 is 0 Å². The molecule has 1 N–H and O–H groups in total. The third kappa shape index (κ3) is 3.17. The molecular formula is C15H26N4. The SMILES string of the molecule is CCCNc1nccc(N2CCC(CC)(CC)C2)n1. The quantitative estimate of drug-likeness (QED) is 0.854. The first-order valence-electron chi connectivity index (χ1n) is 7.55. The molecule has 106 valence electrons. The zero-order valence-electron chi connectivity index (χ0n) is 12.4. The zero-order chi connectivity index (χ0) is 13.7. The lowest BCUT2D eigenvalue weighted by atomic mass is 9.82. The Bertz CT molecular complexity index is 401. The first kappa shape index (κ1) is 14.1. The summed E-state index contributed by atoms with van der Waals surface area (Å²) in [5.41, 5.74) is 0.488. The van der Waals surface area contributed by atoms with Gasteiger partial charge in [-0.15, -0.1) is 0 Å². The van der Waals surface area contributed by atoms with Crippen molar-refractivity contribution in [3.63, 3.8) is 0 Å². The highest BCUT2D eigenvalue weighted by Crippen LogP contribution is 2.38. The maximum Gasteiger partial charge on any atom is 0.224 e. The molecule has 2 heterocycles. The van der Waals surface area contributed by atoms with E-state index in [1.807, 2.05) is 12.3 Å². The van der Waals surface area contributed by atoms with Crippen LogP contribution in [0.25, 0.3) is 0 Å². The molecule has 1 fully saturated rings. The molecule has 1 aliphatic rings. The van der Waals surface area contributed by atoms with Gasteiger partial charge >= 0.3 is 0 Å². The predicted octanol–water partition coefficient (Wildman–Crippen LogP) is 3.32. The summed E-state index contributed by atoms with van der Waals surface area (Å²) in [7, 11) is 0. The van der Waals surface area contributed by atoms with Gasteiger partial charge < -0.3 is 10.2 Å². The van der Waals surface area contributed by atoms with E-state index in [-0.39, 0.29) is 0 Å². The molecule has 19 heavy (non-hydrogen) atoms. The van der Waals surface area contributed by atoms with E-state index in [2.05, 4.69) is 41.0 Å². The first-order chi connectivity index (χ1) is 9.23. The van der Waals surface area contributed by atoms with Crippen LogP contribution in [0.4, 0.5) is 11.8 Å². The van der Waals surface area contributed by atoms with Crippen LogP contribution in [-0.2, 0) is 0 Å². The molecule has 2 rings (SSSR count). The van der Waals surface area contributed by atoms with Crippen molar-refractivity contribution >= 4 is 11.8 Å². The largest absolute Gasteiger partial charge is 0.356 e. The number of hydrogen-bond acceptors (Lipinski definition) is 4. The fourth-order valence-electron chi connectivity index (χ4n) is 2.81. The number of nitrogens with zero attached hydrogens (tertiary/aromatic N) is 3. The van der Waals surface area contributed by atoms with Gasteiger partial charge in [-0.2, -0.15) is 4.98 Å². The fraction of sp³-hybridized carbons (Fsp3) is 0.733. The van der Waals surface area contributed by atoms with Crippen molar-refractivity contribution in [1.29, 1.82) is 0 Å². The molecule has 1 aromatic rings. The lowest BCUT2D eigenvalue weighted by Gasteiger charge is -2.26. The van der Waals surface area contributed by atoms with Crippen LogP contribution in [0.5, 0.6) is 0 Å². The van der Waals surface area contributed by atoms with Gasteiger partial charge in [0.25, 0.3) is 0 Å². The minimum atomic E-state index is 0.488. The minimum Gasteiger partial charge on any atom is -0.356 e. The molecule has 0 aliphatic carbocycles. The molecule has 0 saturated carbocycles. The van der Waals surface area contributed by atoms with Gasteiger partial charge in [0.05, 0.1) is 0 Å². The van der Waals surface area contributed by atoms with Crippen LogP contribution >= 0.6 is 0 Å². The van der Waals surface area contributed by atoms with Crippen LogP contribution < -0.4 is 10.2 Å². The Hall–Kier alpha value is -1.32. The van der Waals surface area contributed by atoms with Crippen molar-refractivity contribution in [1.82, 2.24) is 9.97 Å². The van der Waals surface area contributed by atoms with E-state index in [9.17, 15) is 0 Å². The summed E-state index contributed by atoms with van der Waals surface area (Å²) in [6, 6.07) is 2.03. The van der Waals surface area contributed by atoms with Crippen molar-refractivity contribution in [2.75, 3.05) is 29.9 Å². The van der Waals surface area contributed by atoms with Gasteiger partial charge in [0.1, 0.15) is 5.82 Å². The molecule has 0 atom stereocenters. The molecule has 0 amide bonds. The number of anilines is 2. The van der Waals surface area contributed by atoms with Crippen LogP contribution in [0.2, 0.25) is 0 Å². The van der Waals surface area contributed by atoms with Gasteiger partial charge in [0, 0.05) is 25.8 Å². The Morgan fingerprint density at radius 2 is 2.11 bits per heavy atom. The second-order valence-electron chi connectivity index (χ2n) is 5.54. The summed E-state index contributed by atoms with van der Waals surface area (Å²) in [4.78, 5) is 11.3. The zero-order valence-corrected chi connectivity index (χ0v) is 12.4. The normalized spacial score (nSPS) is 17.7. The average molecular weight is 262 g/mol. The Morgan fingerprint density at radius 1 is 1.32 bits per heavy atom. The molecule has 1 saturated heterocycles. The molecule has 0 unspecified atom stereocenters. The van der Waals surface area contributed by atoms with Gasteiger partial charge in [-0.25, -0.2) is 4.98 Å². The van der Waals surface area contributed by atoms with E-state index in [1.54, 1.807) is 0 Å². The molecule has 1 aromatic heterocycles. The second-order valence-corrected chi connectivity index (χ2v) is 5.54. The van der Waals surface area contributed by atoms with Crippen LogP contribution in [-0.4, -0.2) is 29.6 Å². The van der Waals surface area contributed by atoms with Crippen LogP contribution in [0.3, 0.4) is 0 Å². The Balaban J connectivity index is 2.06. The molecule has 4 heteroatoms. The summed E-state index contributed by atoms with van der Waals surface area (Å²) >= 11 is 0. The fourth-order valence-corrected chi connectivity index (χ4v) is 2.81. The monoisotopic (exact) mass is 262 g/mol. The van der Waals surface area contributed by atoms with Gasteiger partial charge in [-0.1, -0.05) is 20.8 Å². The predicted molar refractivity (Wildman–Crippen MR) is 80.7 cm³/mol. The van der Waals surface area contributed by atoms with Gasteiger partial charge in [-0.3, -0.25) is 0 Å². The smallest absolute Gasteiger partial charge is 0.224 e. The summed E-state index contributed by atoms with van der Waals surface area (Å²) in [5, 5.41) is 3.26. The van der Waals surface area contributed by atoms with E-state index in [4.69, 9.17) is 0 Å². The maximum atomic E-state index is 4.63. The average Bonchev–Trinajstić information content (AvgIpc) is 2.91. The molecular weight excluding hydrogens is 236 g/mol. The van der Waals surface area contributed by atoms with Crippen LogP contribution in [0.15, 0.2) is 12.3 Å². The Morgan fingerprint density at radius 3 is 2.74 bits per heavy atom. The summed E-state index contributed by atoms with van der Waals surface area (Å²) in [5.74, 6) is 1.82. The third-order valence-corrected chi connectivity index (χ3v) is 4.44. The number of hydrogen-bond donors (Lipinski definition) is 1. The lowest BCUT2D eigenvalue weighted by Crippen LogP contribution is -2.27. The molecule has 0 bridgehead atoms. The Kier molecular flexibility index (Phi) is 4.61. The molecule has 4 nitrogen and oxygen atoms in total. The van der Waals surface area contributed by atoms with Crippen LogP contribution in [0.1, 0.15) is 46.5 Å². The van der Waals surface area contributed by atoms with Gasteiger partial charge in [-0.05, 0) is 37.2 Å². The van der Waals surface area contributed by atoms with E-state index in [1.165, 1.54) is 19.3 Å². The summed E-state index contributed by atoms with van der Waals surface area (Å²) < 4.78 is 0. The van der Waals surface area contributed by atoms with Crippen molar-refractivity contribution in [3.8, 4) is 0 Å². The minimum absolute atomic E-state index is 0.488. The highest BCUT2D eigenvalue weighted by atomic mass is 15.2. The van der Waals surface area contributed by atoms with Crippen LogP contribution in [0, 0.1) is 5.41 Å². The standard InChI is InChI=1S/C15H26N4/c1-4-9-16-14-17-10-7-13(18-14)19-11-8-15(5-2,6-3)12-19/h7,10H,4-6,8-9,11-12H2,1-3H3,(H,16,17,18). The number of nitrogens with one attached hydrogen (secondary N) is 1. The number of aromatic nitrogens is 2. The highest BCUT2D eigenvalue weighted by molar-refractivity contribution is 5.44. The van der Waals surface area contributed by atoms with Crippen molar-refractivity contribution in [3.05, 3.63) is 12.3 Å². The van der Waals surface area contributed by atoms with Crippen molar-refractivity contribution in [2.45, 2.75) is 46.5 Å². The van der Waals surface area contributed by atoms with Gasteiger partial charge in [0.2, 0.25) is 5.95 Å². The maximum absolute atomic E-state index is 4.63. The Labute approximate surface area is 116 Å².